The van der Waals surface area contributed by atoms with Gasteiger partial charge in [0.05, 0.1) is 30.4 Å². The third-order valence-electron chi connectivity index (χ3n) is 6.49. The number of ketones is 1. The monoisotopic (exact) mass is 596 g/mol. The molecule has 0 fully saturated rings. The number of thioether (sulfide) groups is 1. The predicted molar refractivity (Wildman–Crippen MR) is 152 cm³/mol. The fraction of sp³-hybridized carbons (Fsp3) is 0.222. The first-order chi connectivity index (χ1) is 19.3. The van der Waals surface area contributed by atoms with E-state index < -0.39 is 11.7 Å². The normalized spacial score (nSPS) is 17.0. The number of nitrogens with zero attached hydrogens (tertiary/aromatic N) is 4. The average molecular weight is 597 g/mol. The standard InChI is InChI=1S/C27H22ClFN6O3S2/c1-38-15-10-8-14(9-11-15)32-21(37)13-39-27-34-33-26(40-27)35-19-6-3-7-20(36)24(19)22(16(12-30)25(35)31)23-17(28)4-2-5-18(23)29/h2,4-5,8-11,22H,3,6-7,13,31H2,1H3,(H,32,37). The number of halogens is 2. The summed E-state index contributed by atoms with van der Waals surface area (Å²) < 4.78 is 20.7. The van der Waals surface area contributed by atoms with Gasteiger partial charge in [0.15, 0.2) is 10.1 Å². The van der Waals surface area contributed by atoms with Crippen molar-refractivity contribution in [3.05, 3.63) is 81.5 Å². The highest BCUT2D eigenvalue weighted by Gasteiger charge is 2.42. The molecule has 1 aliphatic carbocycles. The topological polar surface area (TPSA) is 134 Å². The second-order valence-corrected chi connectivity index (χ2v) is 11.5. The molecule has 204 valence electrons. The van der Waals surface area contributed by atoms with Crippen molar-refractivity contribution in [3.8, 4) is 11.8 Å². The van der Waals surface area contributed by atoms with Gasteiger partial charge in [-0.1, -0.05) is 40.8 Å². The van der Waals surface area contributed by atoms with E-state index in [0.717, 1.165) is 0 Å². The summed E-state index contributed by atoms with van der Waals surface area (Å²) in [5, 5.41) is 21.8. The zero-order valence-electron chi connectivity index (χ0n) is 21.1. The number of allylic oxidation sites excluding steroid dienone is 3. The Kier molecular flexibility index (Phi) is 8.07. The van der Waals surface area contributed by atoms with E-state index in [4.69, 9.17) is 22.1 Å². The Bertz CT molecular complexity index is 1580. The fourth-order valence-corrected chi connectivity index (χ4v) is 6.68. The van der Waals surface area contributed by atoms with Gasteiger partial charge in [0.25, 0.3) is 0 Å². The molecule has 2 heterocycles. The van der Waals surface area contributed by atoms with E-state index in [-0.39, 0.29) is 51.4 Å². The Morgan fingerprint density at radius 3 is 2.77 bits per heavy atom. The van der Waals surface area contributed by atoms with Crippen LogP contribution in [0.15, 0.2) is 69.5 Å². The van der Waals surface area contributed by atoms with Crippen LogP contribution in [0.25, 0.3) is 0 Å². The maximum absolute atomic E-state index is 15.0. The van der Waals surface area contributed by atoms with Gasteiger partial charge in [-0.25, -0.2) is 4.39 Å². The molecule has 0 saturated carbocycles. The Hall–Kier alpha value is -3.92. The van der Waals surface area contributed by atoms with Gasteiger partial charge in [-0.15, -0.1) is 10.2 Å². The van der Waals surface area contributed by atoms with E-state index in [1.165, 1.54) is 41.3 Å². The number of hydrogen-bond donors (Lipinski definition) is 2. The lowest BCUT2D eigenvalue weighted by atomic mass is 9.75. The van der Waals surface area contributed by atoms with Gasteiger partial charge in [-0.2, -0.15) is 5.26 Å². The number of nitriles is 1. The molecule has 1 aromatic heterocycles. The van der Waals surface area contributed by atoms with Crippen molar-refractivity contribution in [1.82, 2.24) is 10.2 Å². The number of rotatable bonds is 7. The Morgan fingerprint density at radius 2 is 2.08 bits per heavy atom. The molecule has 1 aliphatic heterocycles. The van der Waals surface area contributed by atoms with Crippen LogP contribution in [0.2, 0.25) is 5.02 Å². The van der Waals surface area contributed by atoms with Crippen LogP contribution < -0.4 is 20.7 Å². The molecule has 1 amide bonds. The number of carbonyl (C=O) groups is 2. The number of amides is 1. The number of nitrogens with two attached hydrogens (primary N) is 1. The Labute approximate surface area is 242 Å². The van der Waals surface area contributed by atoms with Gasteiger partial charge < -0.3 is 15.8 Å². The van der Waals surface area contributed by atoms with E-state index in [2.05, 4.69) is 21.6 Å². The SMILES string of the molecule is COc1ccc(NC(=O)CSc2nnc(N3C(N)=C(C#N)C(c4c(F)cccc4Cl)C4=C3CCCC4=O)s2)cc1. The summed E-state index contributed by atoms with van der Waals surface area (Å²) in [7, 11) is 1.56. The second kappa shape index (κ2) is 11.7. The number of nitrogens with one attached hydrogen (secondary N) is 1. The molecule has 1 unspecified atom stereocenters. The van der Waals surface area contributed by atoms with E-state index >= 15 is 4.39 Å². The van der Waals surface area contributed by atoms with Crippen molar-refractivity contribution < 1.29 is 18.7 Å². The van der Waals surface area contributed by atoms with E-state index in [0.29, 0.717) is 39.4 Å². The van der Waals surface area contributed by atoms with E-state index in [1.54, 1.807) is 36.3 Å². The third kappa shape index (κ3) is 5.28. The molecular formula is C27H22ClFN6O3S2. The number of aromatic nitrogens is 2. The molecular weight excluding hydrogens is 575 g/mol. The molecule has 0 saturated heterocycles. The zero-order valence-corrected chi connectivity index (χ0v) is 23.5. The second-order valence-electron chi connectivity index (χ2n) is 8.87. The first-order valence-corrected chi connectivity index (χ1v) is 14.3. The lowest BCUT2D eigenvalue weighted by Gasteiger charge is -2.38. The molecule has 9 nitrogen and oxygen atoms in total. The van der Waals surface area contributed by atoms with Crippen molar-refractivity contribution in [2.24, 2.45) is 5.73 Å². The molecule has 0 bridgehead atoms. The summed E-state index contributed by atoms with van der Waals surface area (Å²) in [6.07, 6.45) is 1.29. The van der Waals surface area contributed by atoms with Gasteiger partial charge in [0.1, 0.15) is 17.4 Å². The summed E-state index contributed by atoms with van der Waals surface area (Å²) in [4.78, 5) is 27.3. The van der Waals surface area contributed by atoms with Crippen LogP contribution >= 0.6 is 34.7 Å². The van der Waals surface area contributed by atoms with Crippen LogP contribution in [0.1, 0.15) is 30.7 Å². The van der Waals surface area contributed by atoms with Crippen LogP contribution in [0.5, 0.6) is 5.75 Å². The van der Waals surface area contributed by atoms with Gasteiger partial charge in [-0.3, -0.25) is 14.5 Å². The Morgan fingerprint density at radius 1 is 1.30 bits per heavy atom. The third-order valence-corrected chi connectivity index (χ3v) is 8.86. The number of hydrogen-bond acceptors (Lipinski definition) is 10. The van der Waals surface area contributed by atoms with Crippen molar-refractivity contribution in [3.63, 3.8) is 0 Å². The first kappa shape index (κ1) is 27.6. The first-order valence-electron chi connectivity index (χ1n) is 12.1. The lowest BCUT2D eigenvalue weighted by Crippen LogP contribution is -2.39. The minimum absolute atomic E-state index is 0.00396. The van der Waals surface area contributed by atoms with Crippen LogP contribution in [0, 0.1) is 17.1 Å². The van der Waals surface area contributed by atoms with E-state index in [9.17, 15) is 14.9 Å². The molecule has 0 spiro atoms. The molecule has 2 aromatic carbocycles. The minimum atomic E-state index is -1.03. The maximum Gasteiger partial charge on any atom is 0.234 e. The summed E-state index contributed by atoms with van der Waals surface area (Å²) >= 11 is 8.73. The highest BCUT2D eigenvalue weighted by Crippen LogP contribution is 2.48. The van der Waals surface area contributed by atoms with E-state index in [1.807, 2.05) is 0 Å². The quantitative estimate of drug-likeness (QED) is 0.345. The predicted octanol–water partition coefficient (Wildman–Crippen LogP) is 5.37. The zero-order chi connectivity index (χ0) is 28.4. The van der Waals surface area contributed by atoms with Crippen LogP contribution in [-0.2, 0) is 9.59 Å². The molecule has 0 radical (unpaired) electrons. The molecule has 3 N–H and O–H groups in total. The molecule has 1 atom stereocenters. The van der Waals surface area contributed by atoms with Crippen LogP contribution in [-0.4, -0.2) is 34.8 Å². The Balaban J connectivity index is 1.42. The highest BCUT2D eigenvalue weighted by molar-refractivity contribution is 8.01. The van der Waals surface area contributed by atoms with Crippen molar-refractivity contribution in [1.29, 1.82) is 5.26 Å². The number of methoxy groups -OCH3 is 1. The van der Waals surface area contributed by atoms with Crippen LogP contribution in [0.4, 0.5) is 15.2 Å². The molecule has 5 rings (SSSR count). The van der Waals surface area contributed by atoms with Gasteiger partial charge >= 0.3 is 0 Å². The van der Waals surface area contributed by atoms with Crippen molar-refractivity contribution >= 4 is 57.2 Å². The maximum atomic E-state index is 15.0. The number of ether oxygens (including phenoxy) is 1. The fourth-order valence-electron chi connectivity index (χ4n) is 4.73. The van der Waals surface area contributed by atoms with Gasteiger partial charge in [-0.05, 0) is 49.2 Å². The number of carbonyl (C=O) groups excluding carboxylic acids is 2. The number of Topliss-reactive ketones (excluding diaryl/α,β-unsaturated/α-hetero) is 1. The summed E-state index contributed by atoms with van der Waals surface area (Å²) in [6, 6.07) is 13.3. The molecule has 2 aliphatic rings. The minimum Gasteiger partial charge on any atom is -0.497 e. The summed E-state index contributed by atoms with van der Waals surface area (Å²) in [5.41, 5.74) is 8.02. The number of anilines is 2. The van der Waals surface area contributed by atoms with Crippen molar-refractivity contribution in [2.45, 2.75) is 29.5 Å². The summed E-state index contributed by atoms with van der Waals surface area (Å²) in [6.45, 7) is 0. The smallest absolute Gasteiger partial charge is 0.234 e. The largest absolute Gasteiger partial charge is 0.497 e. The van der Waals surface area contributed by atoms with Crippen molar-refractivity contribution in [2.75, 3.05) is 23.1 Å². The van der Waals surface area contributed by atoms with Gasteiger partial charge in [0, 0.05) is 34.0 Å². The number of benzene rings is 2. The highest BCUT2D eigenvalue weighted by atomic mass is 35.5. The van der Waals surface area contributed by atoms with Crippen LogP contribution in [0.3, 0.4) is 0 Å². The molecule has 40 heavy (non-hydrogen) atoms. The average Bonchev–Trinajstić information content (AvgIpc) is 3.41. The molecule has 3 aromatic rings. The lowest BCUT2D eigenvalue weighted by molar-refractivity contribution is -0.116. The van der Waals surface area contributed by atoms with Gasteiger partial charge in [0.2, 0.25) is 11.0 Å². The summed E-state index contributed by atoms with van der Waals surface area (Å²) in [5.74, 6) is -1.30. The molecule has 13 heteroatoms.